The Morgan fingerprint density at radius 1 is 1.00 bits per heavy atom. The lowest BCUT2D eigenvalue weighted by Crippen LogP contribution is -2.37. The molecule has 7 nitrogen and oxygen atoms in total. The van der Waals surface area contributed by atoms with Crippen molar-refractivity contribution >= 4 is 23.7 Å². The second kappa shape index (κ2) is 14.0. The standard InChI is InChI=1S/C26H35N3O4/c1-4-6-7-8-9-17-27-26(31)29(3)23-12-10-11-22(19-23)21-15-13-20(14-16-21)18-24(33-5-2)25(30)28-32/h10-16,18-19,32H,4-9,17H2,1-3H3,(H,27,31)(H,28,30). The van der Waals surface area contributed by atoms with E-state index in [0.717, 1.165) is 35.2 Å². The van der Waals surface area contributed by atoms with Gasteiger partial charge in [0.05, 0.1) is 6.61 Å². The number of hydrogen-bond acceptors (Lipinski definition) is 4. The molecule has 0 unspecified atom stereocenters. The lowest BCUT2D eigenvalue weighted by molar-refractivity contribution is -0.128. The smallest absolute Gasteiger partial charge is 0.321 e. The Morgan fingerprint density at radius 2 is 1.73 bits per heavy atom. The van der Waals surface area contributed by atoms with Gasteiger partial charge in [0.25, 0.3) is 0 Å². The van der Waals surface area contributed by atoms with Crippen LogP contribution in [0.25, 0.3) is 17.2 Å². The summed E-state index contributed by atoms with van der Waals surface area (Å²) >= 11 is 0. The highest BCUT2D eigenvalue weighted by Crippen LogP contribution is 2.25. The zero-order valence-corrected chi connectivity index (χ0v) is 19.8. The Hall–Kier alpha value is -3.32. The maximum absolute atomic E-state index is 12.5. The number of unbranched alkanes of at least 4 members (excludes halogenated alkanes) is 4. The van der Waals surface area contributed by atoms with Gasteiger partial charge in [-0.3, -0.25) is 14.9 Å². The van der Waals surface area contributed by atoms with Crippen LogP contribution in [0.3, 0.4) is 0 Å². The summed E-state index contributed by atoms with van der Waals surface area (Å²) < 4.78 is 5.28. The Balaban J connectivity index is 2.04. The van der Waals surface area contributed by atoms with Crippen LogP contribution in [-0.2, 0) is 9.53 Å². The van der Waals surface area contributed by atoms with E-state index in [4.69, 9.17) is 9.94 Å². The van der Waals surface area contributed by atoms with Crippen LogP contribution in [0.2, 0.25) is 0 Å². The monoisotopic (exact) mass is 453 g/mol. The molecule has 0 saturated heterocycles. The van der Waals surface area contributed by atoms with Gasteiger partial charge in [-0.1, -0.05) is 69.0 Å². The molecule has 0 saturated carbocycles. The molecule has 0 atom stereocenters. The summed E-state index contributed by atoms with van der Waals surface area (Å²) in [6.07, 6.45) is 7.35. The summed E-state index contributed by atoms with van der Waals surface area (Å²) in [4.78, 5) is 25.8. The minimum absolute atomic E-state index is 0.0350. The summed E-state index contributed by atoms with van der Waals surface area (Å²) in [7, 11) is 1.76. The van der Waals surface area contributed by atoms with Crippen LogP contribution in [0.4, 0.5) is 10.5 Å². The number of benzene rings is 2. The van der Waals surface area contributed by atoms with Crippen LogP contribution < -0.4 is 15.7 Å². The number of urea groups is 1. The van der Waals surface area contributed by atoms with Gasteiger partial charge in [0.2, 0.25) is 0 Å². The average molecular weight is 454 g/mol. The molecule has 2 aromatic carbocycles. The quantitative estimate of drug-likeness (QED) is 0.133. The highest BCUT2D eigenvalue weighted by atomic mass is 16.5. The molecule has 0 heterocycles. The second-order valence-electron chi connectivity index (χ2n) is 7.76. The summed E-state index contributed by atoms with van der Waals surface area (Å²) in [5.41, 5.74) is 5.10. The van der Waals surface area contributed by atoms with Crippen molar-refractivity contribution in [3.05, 3.63) is 59.9 Å². The molecule has 3 N–H and O–H groups in total. The van der Waals surface area contributed by atoms with Crippen molar-refractivity contribution in [1.29, 1.82) is 0 Å². The normalized spacial score (nSPS) is 11.1. The Kier molecular flexibility index (Phi) is 11.0. The lowest BCUT2D eigenvalue weighted by Gasteiger charge is -2.19. The molecule has 0 bridgehead atoms. The molecule has 178 valence electrons. The number of nitrogens with one attached hydrogen (secondary N) is 2. The van der Waals surface area contributed by atoms with Gasteiger partial charge in [0.1, 0.15) is 0 Å². The van der Waals surface area contributed by atoms with E-state index < -0.39 is 5.91 Å². The van der Waals surface area contributed by atoms with Crippen molar-refractivity contribution in [2.45, 2.75) is 46.0 Å². The number of hydrogen-bond donors (Lipinski definition) is 3. The molecule has 2 rings (SSSR count). The van der Waals surface area contributed by atoms with Crippen molar-refractivity contribution in [2.24, 2.45) is 0 Å². The number of ether oxygens (including phenoxy) is 1. The summed E-state index contributed by atoms with van der Waals surface area (Å²) in [6, 6.07) is 15.3. The van der Waals surface area contributed by atoms with E-state index in [-0.39, 0.29) is 11.8 Å². The van der Waals surface area contributed by atoms with Crippen LogP contribution >= 0.6 is 0 Å². The van der Waals surface area contributed by atoms with Gasteiger partial charge in [0.15, 0.2) is 5.76 Å². The van der Waals surface area contributed by atoms with E-state index in [2.05, 4.69) is 12.2 Å². The molecule has 0 aliphatic rings. The SMILES string of the molecule is CCCCCCCNC(=O)N(C)c1cccc(-c2ccc(C=C(OCC)C(=O)NO)cc2)c1. The van der Waals surface area contributed by atoms with E-state index in [1.165, 1.54) is 19.3 Å². The molecule has 0 spiro atoms. The molecule has 0 radical (unpaired) electrons. The van der Waals surface area contributed by atoms with Crippen molar-refractivity contribution in [1.82, 2.24) is 10.8 Å². The van der Waals surface area contributed by atoms with Crippen LogP contribution in [0.1, 0.15) is 51.5 Å². The highest BCUT2D eigenvalue weighted by Gasteiger charge is 2.12. The predicted octanol–water partition coefficient (Wildman–Crippen LogP) is 5.35. The first-order valence-electron chi connectivity index (χ1n) is 11.5. The van der Waals surface area contributed by atoms with Crippen LogP contribution in [0.15, 0.2) is 54.3 Å². The first-order chi connectivity index (χ1) is 16.0. The van der Waals surface area contributed by atoms with Gasteiger partial charge >= 0.3 is 11.9 Å². The fraction of sp³-hybridized carbons (Fsp3) is 0.385. The number of rotatable bonds is 12. The maximum Gasteiger partial charge on any atom is 0.321 e. The molecule has 0 aliphatic heterocycles. The van der Waals surface area contributed by atoms with Crippen LogP contribution in [0.5, 0.6) is 0 Å². The number of hydroxylamine groups is 1. The van der Waals surface area contributed by atoms with E-state index in [9.17, 15) is 9.59 Å². The van der Waals surface area contributed by atoms with Gasteiger partial charge < -0.3 is 10.1 Å². The molecule has 2 aromatic rings. The van der Waals surface area contributed by atoms with Gasteiger partial charge in [-0.15, -0.1) is 0 Å². The molecule has 0 aliphatic carbocycles. The van der Waals surface area contributed by atoms with Gasteiger partial charge in [-0.05, 0) is 48.2 Å². The van der Waals surface area contributed by atoms with E-state index >= 15 is 0 Å². The number of carbonyl (C=O) groups excluding carboxylic acids is 2. The molecular weight excluding hydrogens is 418 g/mol. The van der Waals surface area contributed by atoms with Gasteiger partial charge in [-0.25, -0.2) is 10.3 Å². The Labute approximate surface area is 196 Å². The van der Waals surface area contributed by atoms with E-state index in [0.29, 0.717) is 13.2 Å². The molecular formula is C26H35N3O4. The van der Waals surface area contributed by atoms with E-state index in [1.54, 1.807) is 30.4 Å². The Morgan fingerprint density at radius 3 is 2.39 bits per heavy atom. The highest BCUT2D eigenvalue weighted by molar-refractivity contribution is 5.95. The van der Waals surface area contributed by atoms with Crippen LogP contribution in [-0.4, -0.2) is 37.3 Å². The minimum atomic E-state index is -0.698. The zero-order valence-electron chi connectivity index (χ0n) is 19.8. The molecule has 0 aromatic heterocycles. The molecule has 33 heavy (non-hydrogen) atoms. The van der Waals surface area contributed by atoms with Crippen molar-refractivity contribution < 1.29 is 19.5 Å². The summed E-state index contributed by atoms with van der Waals surface area (Å²) in [5.74, 6) is -0.663. The minimum Gasteiger partial charge on any atom is -0.488 e. The first kappa shape index (κ1) is 25.9. The van der Waals surface area contributed by atoms with Gasteiger partial charge in [-0.2, -0.15) is 0 Å². The molecule has 0 fully saturated rings. The number of anilines is 1. The van der Waals surface area contributed by atoms with Crippen molar-refractivity contribution in [3.8, 4) is 11.1 Å². The summed E-state index contributed by atoms with van der Waals surface area (Å²) in [6.45, 7) is 4.94. The van der Waals surface area contributed by atoms with E-state index in [1.807, 2.05) is 48.5 Å². The lowest BCUT2D eigenvalue weighted by atomic mass is 10.0. The Bertz CT molecular complexity index is 925. The fourth-order valence-corrected chi connectivity index (χ4v) is 3.36. The third-order valence-electron chi connectivity index (χ3n) is 5.26. The zero-order chi connectivity index (χ0) is 24.1. The topological polar surface area (TPSA) is 90.9 Å². The summed E-state index contributed by atoms with van der Waals surface area (Å²) in [5, 5.41) is 11.8. The van der Waals surface area contributed by atoms with Crippen molar-refractivity contribution in [2.75, 3.05) is 25.1 Å². The third-order valence-corrected chi connectivity index (χ3v) is 5.26. The van der Waals surface area contributed by atoms with Crippen molar-refractivity contribution in [3.63, 3.8) is 0 Å². The molecule has 3 amide bonds. The number of nitrogens with zero attached hydrogens (tertiary/aromatic N) is 1. The fourth-order valence-electron chi connectivity index (χ4n) is 3.36. The van der Waals surface area contributed by atoms with Crippen LogP contribution in [0, 0.1) is 0 Å². The van der Waals surface area contributed by atoms with Gasteiger partial charge in [0, 0.05) is 19.3 Å². The number of carbonyl (C=O) groups is 2. The molecule has 7 heteroatoms. The third kappa shape index (κ3) is 8.27. The number of amides is 3. The predicted molar refractivity (Wildman–Crippen MR) is 132 cm³/mol. The largest absolute Gasteiger partial charge is 0.488 e. The second-order valence-corrected chi connectivity index (χ2v) is 7.76. The first-order valence-corrected chi connectivity index (χ1v) is 11.5. The maximum atomic E-state index is 12.5. The average Bonchev–Trinajstić information content (AvgIpc) is 2.85.